The second kappa shape index (κ2) is 32.0. The number of ether oxygens (including phenoxy) is 8. The largest absolute Gasteiger partial charge is 0.506 e. The number of benzene rings is 4. The zero-order valence-electron chi connectivity index (χ0n) is 41.6. The molecular formula is C50H54I6O18. The molecule has 4 rings (SSSR count). The Morgan fingerprint density at radius 3 is 1.22 bits per heavy atom. The van der Waals surface area contributed by atoms with Gasteiger partial charge in [-0.25, -0.2) is 19.2 Å². The molecule has 0 radical (unpaired) electrons. The van der Waals surface area contributed by atoms with E-state index in [0.29, 0.717) is 40.9 Å². The van der Waals surface area contributed by atoms with E-state index in [1.165, 1.54) is 54.4 Å². The monoisotopic (exact) mass is 1700 g/mol. The van der Waals surface area contributed by atoms with Crippen molar-refractivity contribution in [3.8, 4) is 57.5 Å². The van der Waals surface area contributed by atoms with E-state index in [1.54, 1.807) is 85.0 Å². The molecule has 0 spiro atoms. The van der Waals surface area contributed by atoms with Gasteiger partial charge in [0.2, 0.25) is 0 Å². The number of hydrogen-bond donors (Lipinski definition) is 6. The molecule has 0 aromatic heterocycles. The van der Waals surface area contributed by atoms with Gasteiger partial charge in [0, 0.05) is 44.5 Å². The van der Waals surface area contributed by atoms with E-state index < -0.39 is 36.1 Å². The maximum atomic E-state index is 11.5. The zero-order chi connectivity index (χ0) is 57.2. The first kappa shape index (κ1) is 68.1. The average molecular weight is 1700 g/mol. The van der Waals surface area contributed by atoms with E-state index >= 15 is 0 Å². The van der Waals surface area contributed by atoms with Crippen molar-refractivity contribution in [3.05, 3.63) is 117 Å². The van der Waals surface area contributed by atoms with E-state index in [0.717, 1.165) is 18.3 Å². The highest BCUT2D eigenvalue weighted by Crippen LogP contribution is 2.44. The molecule has 4 aromatic rings. The number of rotatable bonds is 16. The molecule has 6 N–H and O–H groups in total. The third-order valence-electron chi connectivity index (χ3n) is 9.27. The molecule has 0 fully saturated rings. The lowest BCUT2D eigenvalue weighted by Gasteiger charge is -2.18. The van der Waals surface area contributed by atoms with Crippen LogP contribution in [0, 0.1) is 21.4 Å². The molecule has 2 atom stereocenters. The van der Waals surface area contributed by atoms with Crippen LogP contribution in [0.2, 0.25) is 0 Å². The van der Waals surface area contributed by atoms with Gasteiger partial charge in [-0.1, -0.05) is 26.3 Å². The quantitative estimate of drug-likeness (QED) is 0.0263. The van der Waals surface area contributed by atoms with Crippen LogP contribution in [0.25, 0.3) is 0 Å². The Kier molecular flexibility index (Phi) is 29.4. The number of carbonyl (C=O) groups is 4. The number of carbonyl (C=O) groups excluding carboxylic acids is 4. The SMILES string of the molecule is C=C(C)C(=O)OC(C)c1cc(I)c(O)c(OC)c1I.C=C(C)C(=O)OC(C)c1cc(OC)c(O)c(I)c1O.C=C(C)C(=O)OCc1cc(I)c(O)c(OC)c1I.C=C(C)C(=O)OCc1cc(OC)c(O)c(I)c1O. The second-order valence-corrected chi connectivity index (χ2v) is 21.8. The molecular weight excluding hydrogens is 1650 g/mol. The fourth-order valence-electron chi connectivity index (χ4n) is 5.22. The number of phenols is 6. The van der Waals surface area contributed by atoms with Gasteiger partial charge in [-0.05, 0) is 201 Å². The van der Waals surface area contributed by atoms with Gasteiger partial charge in [0.25, 0.3) is 0 Å². The smallest absolute Gasteiger partial charge is 0.333 e. The van der Waals surface area contributed by atoms with Crippen LogP contribution in [0.15, 0.2) is 72.9 Å². The molecule has 0 heterocycles. The summed E-state index contributed by atoms with van der Waals surface area (Å²) < 4.78 is 43.9. The van der Waals surface area contributed by atoms with Crippen molar-refractivity contribution >= 4 is 159 Å². The lowest BCUT2D eigenvalue weighted by molar-refractivity contribution is -0.144. The first-order chi connectivity index (χ1) is 34.3. The molecule has 0 aliphatic rings. The number of hydrogen-bond acceptors (Lipinski definition) is 18. The molecule has 0 aliphatic heterocycles. The van der Waals surface area contributed by atoms with Crippen molar-refractivity contribution < 1.29 is 87.7 Å². The van der Waals surface area contributed by atoms with E-state index in [-0.39, 0.29) is 77.5 Å². The van der Waals surface area contributed by atoms with Crippen molar-refractivity contribution in [2.24, 2.45) is 0 Å². The Bertz CT molecular complexity index is 2730. The summed E-state index contributed by atoms with van der Waals surface area (Å²) in [6.07, 6.45) is -1.13. The maximum Gasteiger partial charge on any atom is 0.333 e. The molecule has 0 saturated carbocycles. The highest BCUT2D eigenvalue weighted by molar-refractivity contribution is 14.1. The molecule has 0 saturated heterocycles. The molecule has 0 aliphatic carbocycles. The minimum atomic E-state index is -0.688. The normalized spacial score (nSPS) is 10.9. The highest BCUT2D eigenvalue weighted by atomic mass is 127. The zero-order valence-corrected chi connectivity index (χ0v) is 54.5. The molecule has 2 unspecified atom stereocenters. The van der Waals surface area contributed by atoms with E-state index in [4.69, 9.17) is 37.9 Å². The summed E-state index contributed by atoms with van der Waals surface area (Å²) >= 11 is 11.7. The van der Waals surface area contributed by atoms with Crippen molar-refractivity contribution in [2.45, 2.75) is 67.0 Å². The highest BCUT2D eigenvalue weighted by Gasteiger charge is 2.24. The van der Waals surface area contributed by atoms with Crippen LogP contribution in [0.5, 0.6) is 57.5 Å². The summed E-state index contributed by atoms with van der Waals surface area (Å²) in [6.45, 7) is 23.6. The van der Waals surface area contributed by atoms with Crippen molar-refractivity contribution in [2.75, 3.05) is 28.4 Å². The van der Waals surface area contributed by atoms with Crippen molar-refractivity contribution in [3.63, 3.8) is 0 Å². The number of aromatic hydroxyl groups is 6. The molecule has 0 bridgehead atoms. The Morgan fingerprint density at radius 2 is 0.811 bits per heavy atom. The molecule has 404 valence electrons. The average Bonchev–Trinajstić information content (AvgIpc) is 3.34. The fourth-order valence-corrected chi connectivity index (χ4v) is 9.47. The molecule has 4 aromatic carbocycles. The molecule has 24 heteroatoms. The van der Waals surface area contributed by atoms with Gasteiger partial charge in [0.05, 0.1) is 42.7 Å². The van der Waals surface area contributed by atoms with Crippen LogP contribution in [0.1, 0.15) is 76.0 Å². The summed E-state index contributed by atoms with van der Waals surface area (Å²) in [5.41, 5.74) is 3.52. The number of esters is 4. The van der Waals surface area contributed by atoms with Crippen LogP contribution < -0.4 is 18.9 Å². The molecule has 0 amide bonds. The maximum absolute atomic E-state index is 11.5. The van der Waals surface area contributed by atoms with Gasteiger partial charge in [-0.3, -0.25) is 0 Å². The Morgan fingerprint density at radius 1 is 0.446 bits per heavy atom. The van der Waals surface area contributed by atoms with Gasteiger partial charge in [-0.15, -0.1) is 0 Å². The number of phenolic OH excluding ortho intramolecular Hbond substituents is 6. The van der Waals surface area contributed by atoms with Crippen LogP contribution >= 0.6 is 136 Å². The first-order valence-corrected chi connectivity index (χ1v) is 27.2. The van der Waals surface area contributed by atoms with Gasteiger partial charge in [-0.2, -0.15) is 0 Å². The Hall–Kier alpha value is -3.90. The van der Waals surface area contributed by atoms with E-state index in [1.807, 2.05) is 67.8 Å². The predicted molar refractivity (Wildman–Crippen MR) is 326 cm³/mol. The first-order valence-electron chi connectivity index (χ1n) is 20.8. The van der Waals surface area contributed by atoms with Crippen LogP contribution in [0.3, 0.4) is 0 Å². The predicted octanol–water partition coefficient (Wildman–Crippen LogP) is 12.2. The third kappa shape index (κ3) is 19.3. The van der Waals surface area contributed by atoms with Gasteiger partial charge >= 0.3 is 23.9 Å². The number of halogens is 6. The van der Waals surface area contributed by atoms with E-state index in [2.05, 4.69) is 48.9 Å². The molecule has 18 nitrogen and oxygen atoms in total. The van der Waals surface area contributed by atoms with Crippen molar-refractivity contribution in [1.82, 2.24) is 0 Å². The Labute approximate surface area is 510 Å². The van der Waals surface area contributed by atoms with Gasteiger partial charge in [0.15, 0.2) is 46.0 Å². The summed E-state index contributed by atoms with van der Waals surface area (Å²) in [5.74, 6) is -1.16. The van der Waals surface area contributed by atoms with Crippen LogP contribution in [-0.4, -0.2) is 83.0 Å². The van der Waals surface area contributed by atoms with Gasteiger partial charge < -0.3 is 68.5 Å². The summed E-state index contributed by atoms with van der Waals surface area (Å²) in [5, 5.41) is 58.9. The summed E-state index contributed by atoms with van der Waals surface area (Å²) in [4.78, 5) is 45.6. The lowest BCUT2D eigenvalue weighted by atomic mass is 10.1. The topological polar surface area (TPSA) is 263 Å². The summed E-state index contributed by atoms with van der Waals surface area (Å²) in [7, 11) is 5.76. The summed E-state index contributed by atoms with van der Waals surface area (Å²) in [6, 6.07) is 6.38. The minimum absolute atomic E-state index is 0.0923. The Balaban J connectivity index is 0.000000493. The van der Waals surface area contributed by atoms with Gasteiger partial charge in [0.1, 0.15) is 44.1 Å². The van der Waals surface area contributed by atoms with Crippen molar-refractivity contribution in [1.29, 1.82) is 0 Å². The minimum Gasteiger partial charge on any atom is -0.506 e. The van der Waals surface area contributed by atoms with E-state index in [9.17, 15) is 49.8 Å². The standard InChI is InChI=1S/C13H14I2O4.C13H15IO5.C12H12I2O4.C12H13IO5/c1-6(2)13(17)19-7(3)8-5-9(14)11(16)12(18-4)10(8)15;1-6(2)13(17)19-7(3)8-5-9(18-4)12(16)10(14)11(8)15;1-6(2)12(16)18-5-7-4-8(13)10(15)11(17-3)9(7)14;1-6(2)12(16)18-5-7-4-8(17-3)11(15)9(13)10(7)14/h5,7,16H,1H2,2-4H3;5,7,15-16H,1H2,2-4H3;4,15H,1,5H2,2-3H3;4,14-15H,1,5H2,2-3H3. The number of methoxy groups -OCH3 is 4. The second-order valence-electron chi connectivity index (χ2n) is 15.2. The van der Waals surface area contributed by atoms with Crippen LogP contribution in [0.4, 0.5) is 0 Å². The molecule has 74 heavy (non-hydrogen) atoms. The lowest BCUT2D eigenvalue weighted by Crippen LogP contribution is -2.11. The fraction of sp³-hybridized carbons (Fsp3) is 0.280. The third-order valence-corrected chi connectivity index (χ3v) is 15.3. The van der Waals surface area contributed by atoms with Crippen LogP contribution in [-0.2, 0) is 51.3 Å².